The summed E-state index contributed by atoms with van der Waals surface area (Å²) in [5.74, 6) is 2.48. The number of hydrogen-bond donors (Lipinski definition) is 1. The van der Waals surface area contributed by atoms with Crippen LogP contribution in [-0.4, -0.2) is 62.8 Å². The topological polar surface area (TPSA) is 67.2 Å². The van der Waals surface area contributed by atoms with Gasteiger partial charge in [-0.15, -0.1) is 0 Å². The van der Waals surface area contributed by atoms with Gasteiger partial charge in [0.05, 0.1) is 13.2 Å². The van der Waals surface area contributed by atoms with Crippen LogP contribution in [0.25, 0.3) is 0 Å². The SMILES string of the molecule is O=C(NC1CN2CCC1CC2)c1ccc(Oc2ccc(N3CCOCC3)o2)cc1. The van der Waals surface area contributed by atoms with E-state index < -0.39 is 0 Å². The Balaban J connectivity index is 1.18. The number of ether oxygens (including phenoxy) is 2. The van der Waals surface area contributed by atoms with E-state index in [1.807, 2.05) is 24.3 Å². The summed E-state index contributed by atoms with van der Waals surface area (Å²) in [4.78, 5) is 17.2. The fourth-order valence-electron chi connectivity index (χ4n) is 4.49. The van der Waals surface area contributed by atoms with Gasteiger partial charge < -0.3 is 29.0 Å². The number of anilines is 1. The predicted octanol–water partition coefficient (Wildman–Crippen LogP) is 2.73. The molecule has 4 aliphatic heterocycles. The van der Waals surface area contributed by atoms with Crippen LogP contribution in [-0.2, 0) is 4.74 Å². The molecule has 29 heavy (non-hydrogen) atoms. The van der Waals surface area contributed by atoms with Gasteiger partial charge in [-0.05, 0) is 56.1 Å². The summed E-state index contributed by atoms with van der Waals surface area (Å²) >= 11 is 0. The van der Waals surface area contributed by atoms with E-state index in [1.165, 1.54) is 25.9 Å². The molecule has 2 bridgehead atoms. The molecule has 6 rings (SSSR count). The molecule has 4 fully saturated rings. The van der Waals surface area contributed by atoms with Gasteiger partial charge in [0.15, 0.2) is 5.88 Å². The Labute approximate surface area is 170 Å². The molecule has 7 heteroatoms. The van der Waals surface area contributed by atoms with Crippen LogP contribution in [0, 0.1) is 5.92 Å². The first-order chi connectivity index (χ1) is 14.2. The van der Waals surface area contributed by atoms with Crippen LogP contribution in [0.15, 0.2) is 40.8 Å². The summed E-state index contributed by atoms with van der Waals surface area (Å²) < 4.78 is 17.0. The summed E-state index contributed by atoms with van der Waals surface area (Å²) in [5.41, 5.74) is 0.655. The van der Waals surface area contributed by atoms with Crippen LogP contribution < -0.4 is 15.0 Å². The molecule has 1 unspecified atom stereocenters. The fourth-order valence-corrected chi connectivity index (χ4v) is 4.49. The summed E-state index contributed by atoms with van der Waals surface area (Å²) in [6.07, 6.45) is 2.38. The van der Waals surface area contributed by atoms with Gasteiger partial charge in [-0.3, -0.25) is 4.79 Å². The number of carbonyl (C=O) groups is 1. The van der Waals surface area contributed by atoms with Crippen molar-refractivity contribution in [2.45, 2.75) is 18.9 Å². The molecule has 2 aromatic rings. The quantitative estimate of drug-likeness (QED) is 0.837. The molecule has 154 valence electrons. The Morgan fingerprint density at radius 1 is 1.00 bits per heavy atom. The maximum atomic E-state index is 12.6. The maximum absolute atomic E-state index is 12.6. The Hall–Kier alpha value is -2.51. The van der Waals surface area contributed by atoms with E-state index in [0.29, 0.717) is 36.4 Å². The third-order valence-corrected chi connectivity index (χ3v) is 6.20. The minimum absolute atomic E-state index is 0.0112. The van der Waals surface area contributed by atoms with Gasteiger partial charge >= 0.3 is 0 Å². The lowest BCUT2D eigenvalue weighted by Gasteiger charge is -2.44. The number of nitrogens with one attached hydrogen (secondary N) is 1. The number of furan rings is 1. The molecule has 5 heterocycles. The smallest absolute Gasteiger partial charge is 0.291 e. The molecular formula is C22H27N3O4. The molecule has 0 saturated carbocycles. The largest absolute Gasteiger partial charge is 0.426 e. The van der Waals surface area contributed by atoms with E-state index in [2.05, 4.69) is 15.1 Å². The molecule has 4 aliphatic rings. The van der Waals surface area contributed by atoms with E-state index in [-0.39, 0.29) is 11.9 Å². The normalized spacial score (nSPS) is 26.3. The number of piperidine rings is 3. The van der Waals surface area contributed by atoms with E-state index >= 15 is 0 Å². The Morgan fingerprint density at radius 2 is 1.76 bits per heavy atom. The number of nitrogens with zero attached hydrogens (tertiary/aromatic N) is 2. The third kappa shape index (κ3) is 4.11. The zero-order chi connectivity index (χ0) is 19.6. The second kappa shape index (κ2) is 8.08. The van der Waals surface area contributed by atoms with Gasteiger partial charge in [-0.1, -0.05) is 0 Å². The number of carbonyl (C=O) groups excluding carboxylic acids is 1. The molecule has 7 nitrogen and oxygen atoms in total. The highest BCUT2D eigenvalue weighted by Crippen LogP contribution is 2.30. The molecule has 1 aromatic carbocycles. The molecular weight excluding hydrogens is 370 g/mol. The summed E-state index contributed by atoms with van der Waals surface area (Å²) in [5, 5.41) is 3.22. The van der Waals surface area contributed by atoms with Gasteiger partial charge in [0.1, 0.15) is 5.75 Å². The second-order valence-corrected chi connectivity index (χ2v) is 8.04. The van der Waals surface area contributed by atoms with Gasteiger partial charge in [-0.25, -0.2) is 0 Å². The van der Waals surface area contributed by atoms with E-state index in [9.17, 15) is 4.79 Å². The van der Waals surface area contributed by atoms with Gasteiger partial charge in [0.25, 0.3) is 11.9 Å². The molecule has 0 radical (unpaired) electrons. The van der Waals surface area contributed by atoms with Crippen molar-refractivity contribution in [3.05, 3.63) is 42.0 Å². The number of fused-ring (bicyclic) bond motifs is 3. The summed E-state index contributed by atoms with van der Waals surface area (Å²) in [6, 6.07) is 11.2. The van der Waals surface area contributed by atoms with Crippen molar-refractivity contribution in [3.63, 3.8) is 0 Å². The standard InChI is InChI=1S/C22H27N3O4/c26-22(23-19-15-24-9-7-16(19)8-10-24)17-1-3-18(4-2-17)28-21-6-5-20(29-21)25-11-13-27-14-12-25/h1-6,16,19H,7-15H2,(H,23,26). The summed E-state index contributed by atoms with van der Waals surface area (Å²) in [6.45, 7) is 6.36. The highest BCUT2D eigenvalue weighted by atomic mass is 16.6. The van der Waals surface area contributed by atoms with E-state index in [4.69, 9.17) is 13.9 Å². The molecule has 1 aromatic heterocycles. The number of amides is 1. The zero-order valence-electron chi connectivity index (χ0n) is 16.5. The van der Waals surface area contributed by atoms with Crippen LogP contribution >= 0.6 is 0 Å². The third-order valence-electron chi connectivity index (χ3n) is 6.20. The Kier molecular flexibility index (Phi) is 5.16. The van der Waals surface area contributed by atoms with Gasteiger partial charge in [-0.2, -0.15) is 0 Å². The van der Waals surface area contributed by atoms with Crippen molar-refractivity contribution in [1.82, 2.24) is 10.2 Å². The van der Waals surface area contributed by atoms with Crippen molar-refractivity contribution in [2.75, 3.05) is 50.8 Å². The van der Waals surface area contributed by atoms with Gasteiger partial charge in [0.2, 0.25) is 0 Å². The molecule has 0 spiro atoms. The number of benzene rings is 1. The van der Waals surface area contributed by atoms with E-state index in [1.54, 1.807) is 12.1 Å². The van der Waals surface area contributed by atoms with E-state index in [0.717, 1.165) is 25.5 Å². The monoisotopic (exact) mass is 397 g/mol. The second-order valence-electron chi connectivity index (χ2n) is 8.04. The highest BCUT2D eigenvalue weighted by Gasteiger charge is 2.34. The maximum Gasteiger partial charge on any atom is 0.291 e. The average Bonchev–Trinajstić information content (AvgIpc) is 3.24. The van der Waals surface area contributed by atoms with Crippen molar-refractivity contribution in [3.8, 4) is 11.7 Å². The first-order valence-corrected chi connectivity index (χ1v) is 10.5. The van der Waals surface area contributed by atoms with Crippen molar-refractivity contribution < 1.29 is 18.7 Å². The lowest BCUT2D eigenvalue weighted by molar-refractivity contribution is 0.0620. The van der Waals surface area contributed by atoms with Gasteiger partial charge in [0, 0.05) is 43.4 Å². The minimum atomic E-state index is -0.0112. The fraction of sp³-hybridized carbons (Fsp3) is 0.500. The Morgan fingerprint density at radius 3 is 2.45 bits per heavy atom. The average molecular weight is 397 g/mol. The first kappa shape index (κ1) is 18.5. The molecule has 4 saturated heterocycles. The van der Waals surface area contributed by atoms with Crippen LogP contribution in [0.4, 0.5) is 5.88 Å². The highest BCUT2D eigenvalue weighted by molar-refractivity contribution is 5.94. The predicted molar refractivity (Wildman–Crippen MR) is 109 cm³/mol. The number of hydrogen-bond acceptors (Lipinski definition) is 6. The van der Waals surface area contributed by atoms with Crippen LogP contribution in [0.2, 0.25) is 0 Å². The molecule has 1 atom stereocenters. The Bertz CT molecular complexity index is 836. The number of rotatable bonds is 5. The lowest BCUT2D eigenvalue weighted by atomic mass is 9.84. The zero-order valence-corrected chi connectivity index (χ0v) is 16.5. The first-order valence-electron chi connectivity index (χ1n) is 10.5. The number of morpholine rings is 1. The summed E-state index contributed by atoms with van der Waals surface area (Å²) in [7, 11) is 0. The lowest BCUT2D eigenvalue weighted by Crippen LogP contribution is -2.57. The van der Waals surface area contributed by atoms with Crippen molar-refractivity contribution in [2.24, 2.45) is 5.92 Å². The van der Waals surface area contributed by atoms with Crippen molar-refractivity contribution >= 4 is 11.8 Å². The molecule has 1 N–H and O–H groups in total. The molecule has 0 aliphatic carbocycles. The van der Waals surface area contributed by atoms with Crippen LogP contribution in [0.5, 0.6) is 11.7 Å². The van der Waals surface area contributed by atoms with Crippen LogP contribution in [0.1, 0.15) is 23.2 Å². The molecule has 1 amide bonds. The van der Waals surface area contributed by atoms with Crippen LogP contribution in [0.3, 0.4) is 0 Å². The van der Waals surface area contributed by atoms with Crippen molar-refractivity contribution in [1.29, 1.82) is 0 Å². The minimum Gasteiger partial charge on any atom is -0.426 e.